The average Bonchev–Trinajstić information content (AvgIpc) is 3.09. The van der Waals surface area contributed by atoms with Crippen molar-refractivity contribution in [3.63, 3.8) is 0 Å². The van der Waals surface area contributed by atoms with Gasteiger partial charge in [0.05, 0.1) is 11.3 Å². The summed E-state index contributed by atoms with van der Waals surface area (Å²) in [6, 6.07) is 15.9. The molecule has 7 nitrogen and oxygen atoms in total. The number of benzene rings is 2. The second-order valence-electron chi connectivity index (χ2n) is 7.47. The molecule has 0 bridgehead atoms. The Morgan fingerprint density at radius 2 is 1.69 bits per heavy atom. The van der Waals surface area contributed by atoms with Gasteiger partial charge in [0.2, 0.25) is 10.0 Å². The fourth-order valence-electron chi connectivity index (χ4n) is 3.35. The third-order valence-electron chi connectivity index (χ3n) is 5.00. The van der Waals surface area contributed by atoms with Gasteiger partial charge in [-0.1, -0.05) is 37.1 Å². The summed E-state index contributed by atoms with van der Waals surface area (Å²) in [6.45, 7) is 0.604. The fourth-order valence-corrected chi connectivity index (χ4v) is 5.77. The van der Waals surface area contributed by atoms with Crippen molar-refractivity contribution in [1.29, 1.82) is 0 Å². The molecule has 3 rings (SSSR count). The van der Waals surface area contributed by atoms with Crippen molar-refractivity contribution in [3.05, 3.63) is 54.6 Å². The molecule has 1 N–H and O–H groups in total. The molecule has 0 aliphatic carbocycles. The summed E-state index contributed by atoms with van der Waals surface area (Å²) >= 11 is 1.54. The van der Waals surface area contributed by atoms with Gasteiger partial charge in [-0.3, -0.25) is 9.59 Å². The van der Waals surface area contributed by atoms with Crippen LogP contribution < -0.4 is 5.32 Å². The van der Waals surface area contributed by atoms with E-state index in [0.29, 0.717) is 24.5 Å². The minimum Gasteiger partial charge on any atom is -0.456 e. The Hall–Kier alpha value is -2.36. The minimum atomic E-state index is -3.61. The number of esters is 1. The number of hydrogen-bond acceptors (Lipinski definition) is 6. The predicted octanol–water partition coefficient (Wildman–Crippen LogP) is 3.92. The molecule has 1 heterocycles. The van der Waals surface area contributed by atoms with Crippen LogP contribution in [-0.2, 0) is 24.3 Å². The third kappa shape index (κ3) is 7.36. The first kappa shape index (κ1) is 24.3. The van der Waals surface area contributed by atoms with Crippen LogP contribution in [0.25, 0.3) is 0 Å². The second-order valence-corrected chi connectivity index (χ2v) is 10.6. The number of nitrogens with one attached hydrogen (secondary N) is 1. The van der Waals surface area contributed by atoms with E-state index in [1.165, 1.54) is 16.4 Å². The smallest absolute Gasteiger partial charge is 0.307 e. The zero-order chi connectivity index (χ0) is 22.8. The van der Waals surface area contributed by atoms with Crippen molar-refractivity contribution in [1.82, 2.24) is 4.31 Å². The van der Waals surface area contributed by atoms with E-state index in [1.807, 2.05) is 30.3 Å². The summed E-state index contributed by atoms with van der Waals surface area (Å²) < 4.78 is 32.4. The number of amides is 1. The van der Waals surface area contributed by atoms with E-state index < -0.39 is 28.5 Å². The van der Waals surface area contributed by atoms with Crippen molar-refractivity contribution in [3.8, 4) is 0 Å². The van der Waals surface area contributed by atoms with Crippen molar-refractivity contribution in [2.75, 3.05) is 30.8 Å². The Labute approximate surface area is 193 Å². The maximum Gasteiger partial charge on any atom is 0.307 e. The Balaban J connectivity index is 1.47. The average molecular weight is 477 g/mol. The Morgan fingerprint density at radius 1 is 0.969 bits per heavy atom. The molecular formula is C23H28N2O5S2. The molecule has 172 valence electrons. The summed E-state index contributed by atoms with van der Waals surface area (Å²) in [6.07, 6.45) is 3.96. The summed E-state index contributed by atoms with van der Waals surface area (Å²) in [5, 5.41) is 2.60. The van der Waals surface area contributed by atoms with Crippen LogP contribution in [0.15, 0.2) is 64.4 Å². The van der Waals surface area contributed by atoms with Crippen LogP contribution in [0.2, 0.25) is 0 Å². The highest BCUT2D eigenvalue weighted by Crippen LogP contribution is 2.23. The lowest BCUT2D eigenvalue weighted by molar-refractivity contribution is -0.146. The highest BCUT2D eigenvalue weighted by Gasteiger charge is 2.25. The Morgan fingerprint density at radius 3 is 2.41 bits per heavy atom. The lowest BCUT2D eigenvalue weighted by Crippen LogP contribution is -2.32. The van der Waals surface area contributed by atoms with E-state index in [0.717, 1.165) is 30.6 Å². The Kier molecular flexibility index (Phi) is 9.13. The zero-order valence-electron chi connectivity index (χ0n) is 17.9. The molecule has 0 spiro atoms. The monoisotopic (exact) mass is 476 g/mol. The van der Waals surface area contributed by atoms with Gasteiger partial charge in [0.1, 0.15) is 0 Å². The topological polar surface area (TPSA) is 92.8 Å². The molecule has 2 aromatic rings. The van der Waals surface area contributed by atoms with Crippen LogP contribution in [0.1, 0.15) is 32.1 Å². The molecule has 1 amide bonds. The lowest BCUT2D eigenvalue weighted by Gasteiger charge is -2.20. The van der Waals surface area contributed by atoms with Gasteiger partial charge >= 0.3 is 5.97 Å². The first-order chi connectivity index (χ1) is 15.4. The summed E-state index contributed by atoms with van der Waals surface area (Å²) in [5.74, 6) is -0.416. The molecular weight excluding hydrogens is 448 g/mol. The maximum absolute atomic E-state index is 12.9. The first-order valence-corrected chi connectivity index (χ1v) is 13.1. The molecule has 0 radical (unpaired) electrons. The number of nitrogens with zero attached hydrogens (tertiary/aromatic N) is 1. The van der Waals surface area contributed by atoms with Gasteiger partial charge in [-0.2, -0.15) is 4.31 Å². The number of rotatable bonds is 9. The van der Waals surface area contributed by atoms with E-state index in [4.69, 9.17) is 4.74 Å². The number of carbonyl (C=O) groups is 2. The van der Waals surface area contributed by atoms with Crippen LogP contribution in [0.4, 0.5) is 5.69 Å². The third-order valence-corrected chi connectivity index (χ3v) is 7.91. The zero-order valence-corrected chi connectivity index (χ0v) is 19.5. The largest absolute Gasteiger partial charge is 0.456 e. The summed E-state index contributed by atoms with van der Waals surface area (Å²) in [4.78, 5) is 25.3. The molecule has 9 heteroatoms. The Bertz CT molecular complexity index is 1000. The molecule has 1 fully saturated rings. The SMILES string of the molecule is O=C(COC(=O)CCSc1ccccc1)Nc1cccc(S(=O)(=O)N2CCCCCC2)c1. The first-order valence-electron chi connectivity index (χ1n) is 10.7. The molecule has 0 saturated carbocycles. The molecule has 2 aromatic carbocycles. The highest BCUT2D eigenvalue weighted by molar-refractivity contribution is 7.99. The van der Waals surface area contributed by atoms with Crippen molar-refractivity contribution >= 4 is 39.3 Å². The second kappa shape index (κ2) is 12.0. The number of hydrogen-bond donors (Lipinski definition) is 1. The van der Waals surface area contributed by atoms with Crippen LogP contribution in [0, 0.1) is 0 Å². The van der Waals surface area contributed by atoms with Gasteiger partial charge in [0.15, 0.2) is 6.61 Å². The molecule has 0 atom stereocenters. The number of thioether (sulfide) groups is 1. The number of anilines is 1. The summed E-state index contributed by atoms with van der Waals surface area (Å²) in [7, 11) is -3.61. The number of carbonyl (C=O) groups excluding carboxylic acids is 2. The maximum atomic E-state index is 12.9. The summed E-state index contributed by atoms with van der Waals surface area (Å²) in [5.41, 5.74) is 0.349. The predicted molar refractivity (Wildman–Crippen MR) is 125 cm³/mol. The van der Waals surface area contributed by atoms with Crippen molar-refractivity contribution in [2.24, 2.45) is 0 Å². The standard InChI is InChI=1S/C23H28N2O5S2/c26-22(18-30-23(27)13-16-31-20-10-4-3-5-11-20)24-19-9-8-12-21(17-19)32(28,29)25-14-6-1-2-7-15-25/h3-5,8-12,17H,1-2,6-7,13-16,18H2,(H,24,26). The molecule has 32 heavy (non-hydrogen) atoms. The van der Waals surface area contributed by atoms with Crippen LogP contribution >= 0.6 is 11.8 Å². The van der Waals surface area contributed by atoms with Gasteiger partial charge in [-0.25, -0.2) is 8.42 Å². The van der Waals surface area contributed by atoms with Crippen LogP contribution in [-0.4, -0.2) is 50.0 Å². The van der Waals surface area contributed by atoms with E-state index in [-0.39, 0.29) is 11.3 Å². The highest BCUT2D eigenvalue weighted by atomic mass is 32.2. The fraction of sp³-hybridized carbons (Fsp3) is 0.391. The lowest BCUT2D eigenvalue weighted by atomic mass is 10.2. The van der Waals surface area contributed by atoms with Gasteiger partial charge in [0.25, 0.3) is 5.91 Å². The molecule has 0 aromatic heterocycles. The van der Waals surface area contributed by atoms with E-state index in [1.54, 1.807) is 23.9 Å². The molecule has 1 saturated heterocycles. The van der Waals surface area contributed by atoms with Crippen molar-refractivity contribution < 1.29 is 22.7 Å². The molecule has 1 aliphatic rings. The normalized spacial score (nSPS) is 15.0. The molecule has 1 aliphatic heterocycles. The van der Waals surface area contributed by atoms with E-state index in [2.05, 4.69) is 5.32 Å². The number of sulfonamides is 1. The van der Waals surface area contributed by atoms with Gasteiger partial charge in [-0.15, -0.1) is 11.8 Å². The van der Waals surface area contributed by atoms with Gasteiger partial charge in [0, 0.05) is 29.4 Å². The van der Waals surface area contributed by atoms with Gasteiger partial charge in [-0.05, 0) is 43.2 Å². The quantitative estimate of drug-likeness (QED) is 0.436. The number of ether oxygens (including phenoxy) is 1. The van der Waals surface area contributed by atoms with Gasteiger partial charge < -0.3 is 10.1 Å². The van der Waals surface area contributed by atoms with Crippen LogP contribution in [0.5, 0.6) is 0 Å². The van der Waals surface area contributed by atoms with E-state index in [9.17, 15) is 18.0 Å². The van der Waals surface area contributed by atoms with Crippen molar-refractivity contribution in [2.45, 2.75) is 41.9 Å². The van der Waals surface area contributed by atoms with E-state index >= 15 is 0 Å². The minimum absolute atomic E-state index is 0.145. The molecule has 0 unspecified atom stereocenters. The van der Waals surface area contributed by atoms with Crippen LogP contribution in [0.3, 0.4) is 0 Å².